The molecule has 0 spiro atoms. The Bertz CT molecular complexity index is 1640. The van der Waals surface area contributed by atoms with E-state index in [1.165, 1.54) is 28.4 Å². The molecular formula is C37H74O34P6+4. The fourth-order valence-corrected chi connectivity index (χ4v) is 11.1. The molecule has 2 fully saturated rings. The first-order chi connectivity index (χ1) is 36.7. The molecule has 2 rings (SSSR count). The summed E-state index contributed by atoms with van der Waals surface area (Å²) in [6.07, 6.45) is -20.4. The fourth-order valence-electron chi connectivity index (χ4n) is 7.75. The van der Waals surface area contributed by atoms with Gasteiger partial charge in [0.1, 0.15) is 30.5 Å². The van der Waals surface area contributed by atoms with E-state index in [0.717, 1.165) is 0 Å². The van der Waals surface area contributed by atoms with Crippen LogP contribution in [0.25, 0.3) is 0 Å². The summed E-state index contributed by atoms with van der Waals surface area (Å²) < 4.78 is 184. The number of ether oxygens (including phenoxy) is 15. The van der Waals surface area contributed by atoms with E-state index in [9.17, 15) is 66.5 Å². The number of rotatable bonds is 48. The normalized spacial score (nSPS) is 27.0. The summed E-state index contributed by atoms with van der Waals surface area (Å²) in [7, 11) is -19.1. The molecular weight excluding hydrogens is 1170 g/mol. The van der Waals surface area contributed by atoms with Crippen LogP contribution in [0.15, 0.2) is 0 Å². The standard InChI is InChI=1S/C37H70O34P6/c1-52-5-9-56-13-19-61-27-26(25-76(46,47)48)28(37(71-77(49,50)51)32(33(27)67-72(38)39)66-24-17-59-12-8-55-4)62-20-14-60-18-23-65-31-35(69-74(42)43)29(63-21-15-57-10-6-53-2)34(68-73(40)41)30(36(31)70-75(44)45)64-22-16-58-11-7-54-3/h26-37H,5-25H2,1-4H3,(H4-4,38,39,40,41,42,43,44,45,46,47,48,49,50,51)/p+4/t26-,27-,28-,29-,30+,31?,32-,33+,34?,35+,36-,37-/m0/s1. The average molecular weight is 1250 g/mol. The van der Waals surface area contributed by atoms with Crippen LogP contribution in [0.3, 0.4) is 0 Å². The first-order valence-electron chi connectivity index (χ1n) is 23.3. The second-order valence-corrected chi connectivity index (χ2v) is 21.5. The second-order valence-electron chi connectivity index (χ2n) is 15.8. The zero-order valence-corrected chi connectivity index (χ0v) is 48.0. The van der Waals surface area contributed by atoms with Crippen molar-refractivity contribution in [3.8, 4) is 0 Å². The zero-order valence-electron chi connectivity index (χ0n) is 42.7. The number of hydrogen-bond donors (Lipinski definition) is 8. The molecule has 0 aromatic carbocycles. The molecule has 16 atom stereocenters. The van der Waals surface area contributed by atoms with Crippen LogP contribution in [0.1, 0.15) is 0 Å². The van der Waals surface area contributed by atoms with Gasteiger partial charge in [0.2, 0.25) is 0 Å². The fraction of sp³-hybridized carbons (Fsp3) is 1.00. The van der Waals surface area contributed by atoms with E-state index in [1.54, 1.807) is 0 Å². The number of phosphoric acid groups is 1. The number of phosphoric ester groups is 1. The van der Waals surface area contributed by atoms with Gasteiger partial charge < -0.3 is 90.6 Å². The lowest BCUT2D eigenvalue weighted by Gasteiger charge is -2.48. The van der Waals surface area contributed by atoms with E-state index < -0.39 is 154 Å². The van der Waals surface area contributed by atoms with Crippen molar-refractivity contribution in [3.05, 3.63) is 0 Å². The van der Waals surface area contributed by atoms with Crippen LogP contribution in [0.4, 0.5) is 0 Å². The van der Waals surface area contributed by atoms with Gasteiger partial charge >= 0.3 is 48.4 Å². The Labute approximate surface area is 447 Å². The highest BCUT2D eigenvalue weighted by atomic mass is 31.2. The number of methoxy groups -OCH3 is 4. The molecule has 0 aliphatic heterocycles. The summed E-state index contributed by atoms with van der Waals surface area (Å²) in [5.41, 5.74) is 0. The summed E-state index contributed by atoms with van der Waals surface area (Å²) in [5, 5.41) is 0. The Kier molecular flexibility index (Phi) is 39.4. The third-order valence-electron chi connectivity index (χ3n) is 10.6. The molecule has 0 saturated heterocycles. The van der Waals surface area contributed by atoms with Crippen LogP contribution in [-0.4, -0.2) is 273 Å². The first kappa shape index (κ1) is 72.8. The minimum absolute atomic E-state index is 0.0911. The molecule has 2 aliphatic carbocycles. The highest BCUT2D eigenvalue weighted by Crippen LogP contribution is 2.50. The molecule has 0 bridgehead atoms. The van der Waals surface area contributed by atoms with Gasteiger partial charge in [-0.1, -0.05) is 0 Å². The topological polar surface area (TPSA) is 449 Å². The Morgan fingerprint density at radius 3 is 0.779 bits per heavy atom. The Hall–Kier alpha value is -0.260. The van der Waals surface area contributed by atoms with Crippen molar-refractivity contribution in [3.63, 3.8) is 0 Å². The van der Waals surface area contributed by atoms with E-state index >= 15 is 0 Å². The quantitative estimate of drug-likeness (QED) is 0.0279. The SMILES string of the molecule is COCCOCCO[C@@H]1[C@@H](OP(=O)(O)O)[C@@H](OCCOCCOC2[C@@H](O[P+](=O)O)[C@H](OCCOCCOC)C(O[P+](=O)O)[C@H](OCCOCCOC)[C@H]2O[P+](=O)O)[C@@H](CP(=O)(O)O)[C@H](OCCOCCOC)[C@H]1O[P+](=O)O. The van der Waals surface area contributed by atoms with E-state index in [0.29, 0.717) is 0 Å². The van der Waals surface area contributed by atoms with Gasteiger partial charge in [-0.3, -0.25) is 9.09 Å². The third kappa shape index (κ3) is 30.7. The molecule has 0 aromatic heterocycles. The summed E-state index contributed by atoms with van der Waals surface area (Å²) in [4.78, 5) is 80.9. The van der Waals surface area contributed by atoms with Crippen molar-refractivity contribution in [2.45, 2.75) is 67.1 Å². The average Bonchev–Trinajstić information content (AvgIpc) is 3.33. The highest BCUT2D eigenvalue weighted by molar-refractivity contribution is 7.51. The van der Waals surface area contributed by atoms with E-state index in [2.05, 4.69) is 0 Å². The molecule has 40 heteroatoms. The van der Waals surface area contributed by atoms with Gasteiger partial charge in [0.15, 0.2) is 24.4 Å². The van der Waals surface area contributed by atoms with Gasteiger partial charge in [-0.2, -0.15) is 0 Å². The summed E-state index contributed by atoms with van der Waals surface area (Å²) in [6, 6.07) is 0. The largest absolute Gasteiger partial charge is 0.695 e. The maximum Gasteiger partial charge on any atom is 0.695 e. The van der Waals surface area contributed by atoms with E-state index in [-0.39, 0.29) is 106 Å². The van der Waals surface area contributed by atoms with Crippen LogP contribution in [0, 0.1) is 5.92 Å². The summed E-state index contributed by atoms with van der Waals surface area (Å²) in [5.74, 6) is -1.64. The van der Waals surface area contributed by atoms with Crippen molar-refractivity contribution < 1.29 is 160 Å². The molecule has 2 aliphatic rings. The molecule has 452 valence electrons. The smallest absolute Gasteiger partial charge is 0.382 e. The Morgan fingerprint density at radius 1 is 0.325 bits per heavy atom. The molecule has 6 unspecified atom stereocenters. The van der Waals surface area contributed by atoms with Crippen molar-refractivity contribution in [1.82, 2.24) is 0 Å². The maximum atomic E-state index is 12.7. The van der Waals surface area contributed by atoms with Crippen molar-refractivity contribution in [2.75, 3.05) is 167 Å². The van der Waals surface area contributed by atoms with E-state index in [4.69, 9.17) is 93.7 Å². The molecule has 0 heterocycles. The second kappa shape index (κ2) is 41.7. The first-order valence-corrected chi connectivity index (χ1v) is 31.2. The predicted molar refractivity (Wildman–Crippen MR) is 256 cm³/mol. The van der Waals surface area contributed by atoms with Crippen LogP contribution in [-0.2, 0) is 121 Å². The Morgan fingerprint density at radius 2 is 0.545 bits per heavy atom. The monoisotopic (exact) mass is 1250 g/mol. The molecule has 2 saturated carbocycles. The Balaban J connectivity index is 2.51. The van der Waals surface area contributed by atoms with Crippen LogP contribution in [0.5, 0.6) is 0 Å². The molecule has 0 aromatic rings. The van der Waals surface area contributed by atoms with Gasteiger partial charge in [-0.25, -0.2) is 4.57 Å². The van der Waals surface area contributed by atoms with Gasteiger partial charge in [-0.05, 0) is 0 Å². The minimum Gasteiger partial charge on any atom is -0.382 e. The van der Waals surface area contributed by atoms with Crippen LogP contribution >= 0.6 is 48.4 Å². The summed E-state index contributed by atoms with van der Waals surface area (Å²) >= 11 is 0. The molecule has 34 nitrogen and oxygen atoms in total. The van der Waals surface area contributed by atoms with Crippen molar-refractivity contribution in [1.29, 1.82) is 0 Å². The van der Waals surface area contributed by atoms with Crippen molar-refractivity contribution >= 4 is 48.4 Å². The lowest BCUT2D eigenvalue weighted by Crippen LogP contribution is -2.66. The molecule has 8 N–H and O–H groups in total. The predicted octanol–water partition coefficient (Wildman–Crippen LogP) is -0.595. The highest BCUT2D eigenvalue weighted by Gasteiger charge is 2.63. The van der Waals surface area contributed by atoms with Crippen LogP contribution < -0.4 is 0 Å². The number of hydrogen-bond acceptors (Lipinski definition) is 26. The van der Waals surface area contributed by atoms with Gasteiger partial charge in [0.25, 0.3) is 0 Å². The zero-order chi connectivity index (χ0) is 57.2. The van der Waals surface area contributed by atoms with Crippen molar-refractivity contribution in [2.24, 2.45) is 5.92 Å². The molecule has 0 amide bonds. The van der Waals surface area contributed by atoms with E-state index in [1.807, 2.05) is 0 Å². The maximum absolute atomic E-state index is 12.7. The lowest BCUT2D eigenvalue weighted by atomic mass is 9.79. The minimum atomic E-state index is -5.57. The van der Waals surface area contributed by atoms with Gasteiger partial charge in [-0.15, -0.1) is 37.7 Å². The molecule has 77 heavy (non-hydrogen) atoms. The molecule has 0 radical (unpaired) electrons. The summed E-state index contributed by atoms with van der Waals surface area (Å²) in [6.45, 7) is -2.51. The third-order valence-corrected chi connectivity index (χ3v) is 13.7. The van der Waals surface area contributed by atoms with Gasteiger partial charge in [0, 0.05) is 52.6 Å². The van der Waals surface area contributed by atoms with Crippen LogP contribution in [0.2, 0.25) is 0 Å². The van der Waals surface area contributed by atoms with Gasteiger partial charge in [0.05, 0.1) is 151 Å². The lowest BCUT2D eigenvalue weighted by molar-refractivity contribution is -0.244.